The Balaban J connectivity index is 1.87. The van der Waals surface area contributed by atoms with Crippen molar-refractivity contribution in [2.75, 3.05) is 42.3 Å². The number of ether oxygens (including phenoxy) is 4. The van der Waals surface area contributed by atoms with Crippen LogP contribution in [0.3, 0.4) is 0 Å². The van der Waals surface area contributed by atoms with Gasteiger partial charge in [0.15, 0.2) is 0 Å². The van der Waals surface area contributed by atoms with E-state index in [1.165, 1.54) is 0 Å². The summed E-state index contributed by atoms with van der Waals surface area (Å²) in [6.07, 6.45) is 0. The van der Waals surface area contributed by atoms with Crippen LogP contribution in [0.15, 0.2) is 78.9 Å². The molecule has 0 saturated carbocycles. The first kappa shape index (κ1) is 35.7. The molecular weight excluding hydrogens is 693 g/mol. The van der Waals surface area contributed by atoms with Gasteiger partial charge in [0.1, 0.15) is 23.0 Å². The number of thiocarbonyl (C=S) groups is 4. The van der Waals surface area contributed by atoms with Gasteiger partial charge in [0.05, 0.1) is 0 Å². The maximum absolute atomic E-state index is 6.45. The molecule has 0 fully saturated rings. The zero-order valence-corrected chi connectivity index (χ0v) is 31.4. The minimum atomic E-state index is 0.166. The second-order valence-electron chi connectivity index (χ2n) is 11.5. The Morgan fingerprint density at radius 3 is 1.37 bits per heavy atom. The lowest BCUT2D eigenvalue weighted by Gasteiger charge is -2.23. The third-order valence-electron chi connectivity index (χ3n) is 7.54. The molecule has 49 heavy (non-hydrogen) atoms. The smallest absolute Gasteiger partial charge is 0.264 e. The molecule has 5 aromatic rings. The number of aryl methyl sites for hydroxylation is 1. The number of nitrogens with zero attached hydrogens (tertiary/aromatic N) is 2. The summed E-state index contributed by atoms with van der Waals surface area (Å²) >= 11 is 22.2. The van der Waals surface area contributed by atoms with Crippen LogP contribution < -0.4 is 29.6 Å². The minimum absolute atomic E-state index is 0.166. The molecule has 252 valence electrons. The first-order chi connectivity index (χ1) is 23.4. The van der Waals surface area contributed by atoms with Gasteiger partial charge in [-0.1, -0.05) is 48.0 Å². The number of fused-ring (bicyclic) bond motifs is 2. The largest absolute Gasteiger partial charge is 0.431 e. The standard InChI is InChI=1S/C37H36N4O4S4/c1-21-12-13-24-18-31(44-36(48)40(4)5)27(16-25(24)14-21)28-20-33(45-37(49)41(6)7)29(19-32(28)43-35(47)39-3)26-15-22-10-8-9-11-23(22)17-30(26)42-34(46)38-2/h8-20H,1-7H3,(H,38,46)(H,39,47). The Kier molecular flexibility index (Phi) is 11.1. The van der Waals surface area contributed by atoms with Gasteiger partial charge in [0.2, 0.25) is 0 Å². The molecule has 0 bridgehead atoms. The summed E-state index contributed by atoms with van der Waals surface area (Å²) in [5.74, 6) is 1.91. The molecule has 2 N–H and O–H groups in total. The molecule has 0 radical (unpaired) electrons. The zero-order chi connectivity index (χ0) is 35.4. The fraction of sp³-hybridized carbons (Fsp3) is 0.189. The third-order valence-corrected chi connectivity index (χ3v) is 9.01. The predicted octanol–water partition coefficient (Wildman–Crippen LogP) is 7.85. The zero-order valence-electron chi connectivity index (χ0n) is 28.2. The van der Waals surface area contributed by atoms with Crippen molar-refractivity contribution in [3.8, 4) is 45.3 Å². The topological polar surface area (TPSA) is 67.5 Å². The number of hydrogen-bond acceptors (Lipinski definition) is 8. The van der Waals surface area contributed by atoms with E-state index in [9.17, 15) is 0 Å². The monoisotopic (exact) mass is 728 g/mol. The van der Waals surface area contributed by atoms with E-state index in [0.717, 1.165) is 27.1 Å². The van der Waals surface area contributed by atoms with Crippen LogP contribution in [0.2, 0.25) is 0 Å². The summed E-state index contributed by atoms with van der Waals surface area (Å²) in [7, 11) is 10.7. The van der Waals surface area contributed by atoms with E-state index in [1.807, 2.05) is 88.9 Å². The summed E-state index contributed by atoms with van der Waals surface area (Å²) < 4.78 is 25.3. The highest BCUT2D eigenvalue weighted by molar-refractivity contribution is 7.80. The number of hydrogen-bond donors (Lipinski definition) is 2. The molecule has 5 aromatic carbocycles. The Bertz CT molecular complexity index is 2120. The highest BCUT2D eigenvalue weighted by atomic mass is 32.1. The lowest BCUT2D eigenvalue weighted by Crippen LogP contribution is -2.26. The average molecular weight is 729 g/mol. The summed E-state index contributed by atoms with van der Waals surface area (Å²) in [6, 6.07) is 25.9. The van der Waals surface area contributed by atoms with Crippen molar-refractivity contribution >= 4 is 91.1 Å². The SMILES string of the molecule is CNC(=S)Oc1cc(-c2cc3ccccc3cc2OC(=S)NC)c(OC(=S)N(C)C)cc1-c1cc2cc(C)ccc2cc1OC(=S)N(C)C. The van der Waals surface area contributed by atoms with Crippen LogP contribution in [-0.2, 0) is 0 Å². The second-order valence-corrected chi connectivity index (χ2v) is 13.0. The fourth-order valence-electron chi connectivity index (χ4n) is 5.03. The van der Waals surface area contributed by atoms with E-state index in [0.29, 0.717) is 50.4 Å². The van der Waals surface area contributed by atoms with E-state index in [1.54, 1.807) is 23.9 Å². The third kappa shape index (κ3) is 8.16. The number of nitrogens with one attached hydrogen (secondary N) is 2. The van der Waals surface area contributed by atoms with Crippen LogP contribution in [0.25, 0.3) is 43.8 Å². The fourth-order valence-corrected chi connectivity index (χ4v) is 5.39. The van der Waals surface area contributed by atoms with Crippen molar-refractivity contribution in [3.05, 3.63) is 84.4 Å². The highest BCUT2D eigenvalue weighted by Gasteiger charge is 2.24. The molecule has 0 aliphatic carbocycles. The van der Waals surface area contributed by atoms with Gasteiger partial charge >= 0.3 is 0 Å². The van der Waals surface area contributed by atoms with Crippen LogP contribution in [-0.4, -0.2) is 72.8 Å². The molecule has 8 nitrogen and oxygen atoms in total. The van der Waals surface area contributed by atoms with Crippen molar-refractivity contribution < 1.29 is 18.9 Å². The first-order valence-corrected chi connectivity index (χ1v) is 16.8. The van der Waals surface area contributed by atoms with E-state index in [2.05, 4.69) is 35.8 Å². The van der Waals surface area contributed by atoms with Crippen molar-refractivity contribution in [1.82, 2.24) is 20.4 Å². The summed E-state index contributed by atoms with van der Waals surface area (Å²) in [4.78, 5) is 3.45. The quantitative estimate of drug-likeness (QED) is 0.168. The maximum Gasteiger partial charge on any atom is 0.264 e. The van der Waals surface area contributed by atoms with Gasteiger partial charge in [-0.2, -0.15) is 0 Å². The van der Waals surface area contributed by atoms with E-state index >= 15 is 0 Å². The Labute approximate surface area is 307 Å². The Morgan fingerprint density at radius 2 is 0.878 bits per heavy atom. The molecule has 0 aliphatic rings. The molecule has 0 spiro atoms. The number of benzene rings is 5. The first-order valence-electron chi connectivity index (χ1n) is 15.2. The van der Waals surface area contributed by atoms with Crippen molar-refractivity contribution in [1.29, 1.82) is 0 Å². The van der Waals surface area contributed by atoms with Gasteiger partial charge in [-0.05, 0) is 114 Å². The van der Waals surface area contributed by atoms with E-state index in [4.69, 9.17) is 67.8 Å². The van der Waals surface area contributed by atoms with Gasteiger partial charge in [-0.25, -0.2) is 0 Å². The summed E-state index contributed by atoms with van der Waals surface area (Å²) in [5.41, 5.74) is 3.77. The van der Waals surface area contributed by atoms with E-state index < -0.39 is 0 Å². The lowest BCUT2D eigenvalue weighted by molar-refractivity contribution is 0.448. The Morgan fingerprint density at radius 1 is 0.490 bits per heavy atom. The molecule has 0 saturated heterocycles. The van der Waals surface area contributed by atoms with Gasteiger partial charge < -0.3 is 39.4 Å². The van der Waals surface area contributed by atoms with Crippen molar-refractivity contribution in [2.24, 2.45) is 0 Å². The molecule has 0 aliphatic heterocycles. The number of rotatable bonds is 6. The minimum Gasteiger partial charge on any atom is -0.431 e. The summed E-state index contributed by atoms with van der Waals surface area (Å²) in [6.45, 7) is 2.05. The average Bonchev–Trinajstić information content (AvgIpc) is 3.07. The Hall–Kier alpha value is -4.62. The molecule has 0 unspecified atom stereocenters. The second kappa shape index (κ2) is 15.3. The molecule has 0 amide bonds. The molecule has 12 heteroatoms. The molecular formula is C37H36N4O4S4. The normalized spacial score (nSPS) is 10.7. The van der Waals surface area contributed by atoms with Crippen LogP contribution in [0, 0.1) is 6.92 Å². The van der Waals surface area contributed by atoms with Crippen LogP contribution in [0.4, 0.5) is 0 Å². The lowest BCUT2D eigenvalue weighted by atomic mass is 9.93. The van der Waals surface area contributed by atoms with E-state index in [-0.39, 0.29) is 15.5 Å². The molecule has 0 heterocycles. The van der Waals surface area contributed by atoms with Crippen molar-refractivity contribution in [3.63, 3.8) is 0 Å². The highest BCUT2D eigenvalue weighted by Crippen LogP contribution is 2.48. The molecule has 0 atom stereocenters. The predicted molar refractivity (Wildman–Crippen MR) is 215 cm³/mol. The van der Waals surface area contributed by atoms with Crippen molar-refractivity contribution in [2.45, 2.75) is 6.92 Å². The van der Waals surface area contributed by atoms with Gasteiger partial charge in [-0.3, -0.25) is 0 Å². The van der Waals surface area contributed by atoms with Gasteiger partial charge in [0.25, 0.3) is 20.7 Å². The van der Waals surface area contributed by atoms with Crippen LogP contribution >= 0.6 is 48.9 Å². The maximum atomic E-state index is 6.45. The van der Waals surface area contributed by atoms with Crippen LogP contribution in [0.1, 0.15) is 5.56 Å². The summed E-state index contributed by atoms with van der Waals surface area (Å²) in [5, 5.41) is 10.7. The molecule has 0 aromatic heterocycles. The van der Waals surface area contributed by atoms with Gasteiger partial charge in [0, 0.05) is 64.5 Å². The van der Waals surface area contributed by atoms with Gasteiger partial charge in [-0.15, -0.1) is 0 Å². The molecule has 5 rings (SSSR count). The van der Waals surface area contributed by atoms with Crippen LogP contribution in [0.5, 0.6) is 23.0 Å².